The van der Waals surface area contributed by atoms with Gasteiger partial charge in [-0.3, -0.25) is 0 Å². The first-order valence-electron chi connectivity index (χ1n) is 5.68. The van der Waals surface area contributed by atoms with Crippen LogP contribution in [0.2, 0.25) is 0 Å². The van der Waals surface area contributed by atoms with Crippen LogP contribution in [-0.4, -0.2) is 12.8 Å². The molecule has 0 saturated heterocycles. The Balaban J connectivity index is 2.28. The Morgan fingerprint density at radius 1 is 0.882 bits per heavy atom. The van der Waals surface area contributed by atoms with Gasteiger partial charge in [-0.1, -0.05) is 54.6 Å². The highest BCUT2D eigenvalue weighted by molar-refractivity contribution is 5.98. The van der Waals surface area contributed by atoms with E-state index in [1.807, 2.05) is 20.0 Å². The molecule has 0 fully saturated rings. The Morgan fingerprint density at radius 3 is 2.06 bits per heavy atom. The molecule has 2 aromatic rings. The summed E-state index contributed by atoms with van der Waals surface area (Å²) < 4.78 is 0. The van der Waals surface area contributed by atoms with Gasteiger partial charge in [0.2, 0.25) is 0 Å². The summed E-state index contributed by atoms with van der Waals surface area (Å²) in [5, 5.41) is 4.16. The van der Waals surface area contributed by atoms with Crippen LogP contribution in [0.3, 0.4) is 0 Å². The molecule has 2 aromatic carbocycles. The van der Waals surface area contributed by atoms with Crippen LogP contribution in [0.15, 0.2) is 59.7 Å². The Labute approximate surface area is 102 Å². The summed E-state index contributed by atoms with van der Waals surface area (Å²) in [6.45, 7) is 1.99. The maximum atomic E-state index is 4.16. The molecular weight excluding hydrogens is 208 g/mol. The third-order valence-electron chi connectivity index (χ3n) is 2.69. The van der Waals surface area contributed by atoms with Gasteiger partial charge in [-0.15, -0.1) is 0 Å². The molecule has 17 heavy (non-hydrogen) atoms. The molecule has 2 rings (SSSR count). The average Bonchev–Trinajstić information content (AvgIpc) is 2.40. The van der Waals surface area contributed by atoms with Gasteiger partial charge in [-0.2, -0.15) is 5.10 Å². The monoisotopic (exact) mass is 224 g/mol. The lowest BCUT2D eigenvalue weighted by Crippen LogP contribution is -2.02. The molecule has 0 aromatic heterocycles. The Bertz CT molecular complexity index is 498. The summed E-state index contributed by atoms with van der Waals surface area (Å²) in [7, 11) is 1.81. The Morgan fingerprint density at radius 2 is 1.47 bits per heavy atom. The van der Waals surface area contributed by atoms with Gasteiger partial charge in [-0.25, -0.2) is 0 Å². The van der Waals surface area contributed by atoms with E-state index < -0.39 is 0 Å². The van der Waals surface area contributed by atoms with Gasteiger partial charge in [-0.05, 0) is 23.6 Å². The largest absolute Gasteiger partial charge is 0.313 e. The van der Waals surface area contributed by atoms with E-state index in [4.69, 9.17) is 0 Å². The van der Waals surface area contributed by atoms with Crippen molar-refractivity contribution in [1.29, 1.82) is 0 Å². The number of nitrogens with zero attached hydrogens (tertiary/aromatic N) is 1. The van der Waals surface area contributed by atoms with Crippen LogP contribution in [-0.2, 0) is 0 Å². The second-order valence-electron chi connectivity index (χ2n) is 3.86. The number of benzene rings is 2. The van der Waals surface area contributed by atoms with Crippen LogP contribution in [0.25, 0.3) is 11.1 Å². The lowest BCUT2D eigenvalue weighted by Gasteiger charge is -2.04. The highest BCUT2D eigenvalue weighted by Gasteiger charge is 1.99. The molecule has 2 heteroatoms. The molecule has 1 N–H and O–H groups in total. The zero-order valence-electron chi connectivity index (χ0n) is 10.1. The molecule has 0 aliphatic heterocycles. The lowest BCUT2D eigenvalue weighted by atomic mass is 10.0. The fourth-order valence-electron chi connectivity index (χ4n) is 1.77. The van der Waals surface area contributed by atoms with Gasteiger partial charge < -0.3 is 5.43 Å². The zero-order valence-corrected chi connectivity index (χ0v) is 10.1. The van der Waals surface area contributed by atoms with E-state index in [-0.39, 0.29) is 0 Å². The third-order valence-corrected chi connectivity index (χ3v) is 2.69. The Kier molecular flexibility index (Phi) is 3.55. The maximum Gasteiger partial charge on any atom is 0.0644 e. The molecule has 0 aliphatic carbocycles. The molecule has 0 radical (unpaired) electrons. The fourth-order valence-corrected chi connectivity index (χ4v) is 1.77. The lowest BCUT2D eigenvalue weighted by molar-refractivity contribution is 0.900. The minimum atomic E-state index is 0.993. The van der Waals surface area contributed by atoms with Crippen LogP contribution in [0, 0.1) is 0 Å². The summed E-state index contributed by atoms with van der Waals surface area (Å²) >= 11 is 0. The molecule has 0 aliphatic rings. The highest BCUT2D eigenvalue weighted by atomic mass is 15.3. The minimum Gasteiger partial charge on any atom is -0.313 e. The number of hydrogen-bond donors (Lipinski definition) is 1. The normalized spacial score (nSPS) is 11.3. The fraction of sp³-hybridized carbons (Fsp3) is 0.133. The first kappa shape index (κ1) is 11.4. The summed E-state index contributed by atoms with van der Waals surface area (Å²) in [5.74, 6) is 0. The van der Waals surface area contributed by atoms with E-state index in [2.05, 4.69) is 59.1 Å². The second-order valence-corrected chi connectivity index (χ2v) is 3.86. The van der Waals surface area contributed by atoms with E-state index in [1.54, 1.807) is 0 Å². The van der Waals surface area contributed by atoms with Crippen LogP contribution in [0.4, 0.5) is 0 Å². The van der Waals surface area contributed by atoms with Crippen molar-refractivity contribution in [3.63, 3.8) is 0 Å². The molecule has 0 spiro atoms. The molecular formula is C15H16N2. The van der Waals surface area contributed by atoms with Crippen LogP contribution in [0.5, 0.6) is 0 Å². The van der Waals surface area contributed by atoms with Crippen LogP contribution >= 0.6 is 0 Å². The number of rotatable bonds is 3. The van der Waals surface area contributed by atoms with E-state index >= 15 is 0 Å². The van der Waals surface area contributed by atoms with Gasteiger partial charge >= 0.3 is 0 Å². The molecule has 0 heterocycles. The van der Waals surface area contributed by atoms with Crippen LogP contribution in [0.1, 0.15) is 12.5 Å². The SMILES string of the molecule is CNN=C(C)c1ccc(-c2ccccc2)cc1. The molecule has 0 saturated carbocycles. The second kappa shape index (κ2) is 5.30. The summed E-state index contributed by atoms with van der Waals surface area (Å²) in [6.07, 6.45) is 0. The summed E-state index contributed by atoms with van der Waals surface area (Å²) in [4.78, 5) is 0. The van der Waals surface area contributed by atoms with Crippen molar-refractivity contribution in [2.45, 2.75) is 6.92 Å². The highest BCUT2D eigenvalue weighted by Crippen LogP contribution is 2.19. The van der Waals surface area contributed by atoms with Crippen LogP contribution < -0.4 is 5.43 Å². The van der Waals surface area contributed by atoms with Gasteiger partial charge in [0.15, 0.2) is 0 Å². The molecule has 86 valence electrons. The van der Waals surface area contributed by atoms with Crippen molar-refractivity contribution < 1.29 is 0 Å². The quantitative estimate of drug-likeness (QED) is 0.628. The predicted octanol–water partition coefficient (Wildman–Crippen LogP) is 3.30. The Hall–Kier alpha value is -2.09. The first-order valence-corrected chi connectivity index (χ1v) is 5.68. The van der Waals surface area contributed by atoms with Crippen molar-refractivity contribution >= 4 is 5.71 Å². The molecule has 0 bridgehead atoms. The zero-order chi connectivity index (χ0) is 12.1. The van der Waals surface area contributed by atoms with Gasteiger partial charge in [0.05, 0.1) is 5.71 Å². The van der Waals surface area contributed by atoms with Crippen molar-refractivity contribution in [3.8, 4) is 11.1 Å². The molecule has 0 amide bonds. The minimum absolute atomic E-state index is 0.993. The topological polar surface area (TPSA) is 24.4 Å². The standard InChI is InChI=1S/C15H16N2/c1-12(17-16-2)13-8-10-15(11-9-13)14-6-4-3-5-7-14/h3-11,16H,1-2H3. The van der Waals surface area contributed by atoms with E-state index in [0.29, 0.717) is 0 Å². The van der Waals surface area contributed by atoms with E-state index in [1.165, 1.54) is 11.1 Å². The van der Waals surface area contributed by atoms with Crippen molar-refractivity contribution in [2.75, 3.05) is 7.05 Å². The van der Waals surface area contributed by atoms with E-state index in [0.717, 1.165) is 11.3 Å². The smallest absolute Gasteiger partial charge is 0.0644 e. The van der Waals surface area contributed by atoms with Gasteiger partial charge in [0.1, 0.15) is 0 Å². The average molecular weight is 224 g/mol. The van der Waals surface area contributed by atoms with Gasteiger partial charge in [0, 0.05) is 7.05 Å². The molecule has 0 unspecified atom stereocenters. The number of hydrazone groups is 1. The number of hydrogen-bond acceptors (Lipinski definition) is 2. The van der Waals surface area contributed by atoms with Crippen molar-refractivity contribution in [3.05, 3.63) is 60.2 Å². The van der Waals surface area contributed by atoms with E-state index in [9.17, 15) is 0 Å². The number of nitrogens with one attached hydrogen (secondary N) is 1. The molecule has 0 atom stereocenters. The van der Waals surface area contributed by atoms with Crippen molar-refractivity contribution in [1.82, 2.24) is 5.43 Å². The van der Waals surface area contributed by atoms with Crippen molar-refractivity contribution in [2.24, 2.45) is 5.10 Å². The van der Waals surface area contributed by atoms with Gasteiger partial charge in [0.25, 0.3) is 0 Å². The molecule has 2 nitrogen and oxygen atoms in total. The third kappa shape index (κ3) is 2.72. The summed E-state index contributed by atoms with van der Waals surface area (Å²) in [6, 6.07) is 18.8. The predicted molar refractivity (Wildman–Crippen MR) is 73.1 cm³/mol. The first-order chi connectivity index (χ1) is 8.31. The summed E-state index contributed by atoms with van der Waals surface area (Å²) in [5.41, 5.74) is 7.40. The maximum absolute atomic E-state index is 4.16.